The Morgan fingerprint density at radius 2 is 2.00 bits per heavy atom. The molecule has 1 aromatic rings. The second-order valence-electron chi connectivity index (χ2n) is 2.45. The zero-order chi connectivity index (χ0) is 8.55. The molecule has 0 bridgehead atoms. The highest BCUT2D eigenvalue weighted by atomic mass is 35.5. The molecule has 1 heterocycles. The molecular formula is C8H7ClO3. The minimum atomic E-state index is 0.0252. The molecule has 0 atom stereocenters. The van der Waals surface area contributed by atoms with Crippen LogP contribution in [0.15, 0.2) is 12.1 Å². The van der Waals surface area contributed by atoms with Crippen LogP contribution in [0.2, 0.25) is 5.02 Å². The van der Waals surface area contributed by atoms with E-state index in [2.05, 4.69) is 0 Å². The van der Waals surface area contributed by atoms with E-state index < -0.39 is 0 Å². The fourth-order valence-electron chi connectivity index (χ4n) is 1.10. The van der Waals surface area contributed by atoms with Crippen LogP contribution in [-0.2, 0) is 0 Å². The Hall–Kier alpha value is -1.09. The third-order valence-corrected chi connectivity index (χ3v) is 1.81. The van der Waals surface area contributed by atoms with Gasteiger partial charge >= 0.3 is 0 Å². The van der Waals surface area contributed by atoms with Gasteiger partial charge in [0.1, 0.15) is 13.2 Å². The number of fused-ring (bicyclic) bond motifs is 1. The summed E-state index contributed by atoms with van der Waals surface area (Å²) in [5.74, 6) is 0.911. The molecule has 3 nitrogen and oxygen atoms in total. The van der Waals surface area contributed by atoms with Gasteiger partial charge in [-0.3, -0.25) is 0 Å². The molecule has 0 amide bonds. The van der Waals surface area contributed by atoms with Crippen LogP contribution in [0.25, 0.3) is 0 Å². The molecular weight excluding hydrogens is 180 g/mol. The van der Waals surface area contributed by atoms with E-state index in [4.69, 9.17) is 21.1 Å². The Morgan fingerprint density at radius 1 is 1.25 bits per heavy atom. The van der Waals surface area contributed by atoms with Crippen molar-refractivity contribution < 1.29 is 14.6 Å². The first-order chi connectivity index (χ1) is 5.77. The average Bonchev–Trinajstić information content (AvgIpc) is 2.04. The van der Waals surface area contributed by atoms with Gasteiger partial charge in [-0.1, -0.05) is 11.6 Å². The Bertz CT molecular complexity index is 311. The zero-order valence-corrected chi connectivity index (χ0v) is 6.97. The number of phenolic OH excluding ortho intramolecular Hbond substituents is 1. The number of hydrogen-bond donors (Lipinski definition) is 1. The summed E-state index contributed by atoms with van der Waals surface area (Å²) in [4.78, 5) is 0. The quantitative estimate of drug-likeness (QED) is 0.672. The number of benzene rings is 1. The van der Waals surface area contributed by atoms with Crippen LogP contribution in [0, 0.1) is 0 Å². The van der Waals surface area contributed by atoms with Crippen LogP contribution in [0.3, 0.4) is 0 Å². The summed E-state index contributed by atoms with van der Waals surface area (Å²) in [5, 5.41) is 9.79. The van der Waals surface area contributed by atoms with Crippen LogP contribution in [0.5, 0.6) is 17.2 Å². The minimum absolute atomic E-state index is 0.0252. The Labute approximate surface area is 74.5 Å². The molecule has 2 rings (SSSR count). The molecule has 1 N–H and O–H groups in total. The highest BCUT2D eigenvalue weighted by Crippen LogP contribution is 2.40. The first-order valence-electron chi connectivity index (χ1n) is 3.55. The van der Waals surface area contributed by atoms with E-state index in [0.717, 1.165) is 0 Å². The van der Waals surface area contributed by atoms with Gasteiger partial charge in [0.2, 0.25) is 5.75 Å². The summed E-state index contributed by atoms with van der Waals surface area (Å²) in [6.45, 7) is 0.953. The van der Waals surface area contributed by atoms with Gasteiger partial charge in [0.05, 0.1) is 0 Å². The number of aromatic hydroxyl groups is 1. The predicted molar refractivity (Wildman–Crippen MR) is 44.1 cm³/mol. The standard InChI is InChI=1S/C8H7ClO3/c9-5-3-6(10)8-7(4-5)11-1-2-12-8/h3-4,10H,1-2H2. The second kappa shape index (κ2) is 2.75. The summed E-state index contributed by atoms with van der Waals surface area (Å²) in [6.07, 6.45) is 0. The van der Waals surface area contributed by atoms with E-state index in [1.165, 1.54) is 6.07 Å². The van der Waals surface area contributed by atoms with E-state index in [9.17, 15) is 5.11 Å². The fraction of sp³-hybridized carbons (Fsp3) is 0.250. The summed E-state index contributed by atoms with van der Waals surface area (Å²) >= 11 is 5.69. The number of hydrogen-bond acceptors (Lipinski definition) is 3. The lowest BCUT2D eigenvalue weighted by molar-refractivity contribution is 0.166. The lowest BCUT2D eigenvalue weighted by Gasteiger charge is -2.18. The zero-order valence-electron chi connectivity index (χ0n) is 6.21. The number of rotatable bonds is 0. The van der Waals surface area contributed by atoms with Crippen molar-refractivity contribution in [3.8, 4) is 17.2 Å². The summed E-state index contributed by atoms with van der Waals surface area (Å²) in [6, 6.07) is 3.05. The summed E-state index contributed by atoms with van der Waals surface area (Å²) in [7, 11) is 0. The van der Waals surface area contributed by atoms with Crippen molar-refractivity contribution in [3.63, 3.8) is 0 Å². The Morgan fingerprint density at radius 3 is 2.83 bits per heavy atom. The molecule has 1 aliphatic heterocycles. The highest BCUT2D eigenvalue weighted by Gasteiger charge is 2.16. The van der Waals surface area contributed by atoms with Crippen molar-refractivity contribution in [2.45, 2.75) is 0 Å². The predicted octanol–water partition coefficient (Wildman–Crippen LogP) is 1.82. The smallest absolute Gasteiger partial charge is 0.203 e. The first kappa shape index (κ1) is 7.55. The summed E-state index contributed by atoms with van der Waals surface area (Å²) < 4.78 is 10.4. The van der Waals surface area contributed by atoms with Crippen molar-refractivity contribution in [1.29, 1.82) is 0 Å². The largest absolute Gasteiger partial charge is 0.504 e. The molecule has 0 saturated heterocycles. The van der Waals surface area contributed by atoms with Crippen molar-refractivity contribution >= 4 is 11.6 Å². The third-order valence-electron chi connectivity index (χ3n) is 1.59. The van der Waals surface area contributed by atoms with Crippen LogP contribution < -0.4 is 9.47 Å². The molecule has 0 unspecified atom stereocenters. The molecule has 64 valence electrons. The minimum Gasteiger partial charge on any atom is -0.504 e. The highest BCUT2D eigenvalue weighted by molar-refractivity contribution is 6.31. The molecule has 0 aromatic heterocycles. The van der Waals surface area contributed by atoms with Crippen molar-refractivity contribution in [2.75, 3.05) is 13.2 Å². The van der Waals surface area contributed by atoms with Crippen LogP contribution in [-0.4, -0.2) is 18.3 Å². The topological polar surface area (TPSA) is 38.7 Å². The van der Waals surface area contributed by atoms with E-state index in [1.807, 2.05) is 0 Å². The number of ether oxygens (including phenoxy) is 2. The average molecular weight is 187 g/mol. The van der Waals surface area contributed by atoms with E-state index in [0.29, 0.717) is 29.7 Å². The molecule has 1 aliphatic rings. The Balaban J connectivity index is 2.53. The molecule has 0 radical (unpaired) electrons. The van der Waals surface area contributed by atoms with E-state index in [-0.39, 0.29) is 5.75 Å². The van der Waals surface area contributed by atoms with Crippen molar-refractivity contribution in [2.24, 2.45) is 0 Å². The van der Waals surface area contributed by atoms with Crippen LogP contribution in [0.1, 0.15) is 0 Å². The maximum atomic E-state index is 9.35. The normalized spacial score (nSPS) is 14.4. The van der Waals surface area contributed by atoms with E-state index in [1.54, 1.807) is 6.07 Å². The molecule has 12 heavy (non-hydrogen) atoms. The van der Waals surface area contributed by atoms with Gasteiger partial charge in [-0.2, -0.15) is 0 Å². The summed E-state index contributed by atoms with van der Waals surface area (Å²) in [5.41, 5.74) is 0. The van der Waals surface area contributed by atoms with Crippen LogP contribution >= 0.6 is 11.6 Å². The molecule has 0 aliphatic carbocycles. The lowest BCUT2D eigenvalue weighted by atomic mass is 10.3. The van der Waals surface area contributed by atoms with Gasteiger partial charge < -0.3 is 14.6 Å². The fourth-order valence-corrected chi connectivity index (χ4v) is 1.30. The molecule has 1 aromatic carbocycles. The number of halogens is 1. The molecule has 0 spiro atoms. The second-order valence-corrected chi connectivity index (χ2v) is 2.89. The van der Waals surface area contributed by atoms with Crippen LogP contribution in [0.4, 0.5) is 0 Å². The van der Waals surface area contributed by atoms with Gasteiger partial charge in [0, 0.05) is 17.2 Å². The van der Waals surface area contributed by atoms with Gasteiger partial charge in [-0.05, 0) is 0 Å². The maximum absolute atomic E-state index is 9.35. The molecule has 4 heteroatoms. The van der Waals surface area contributed by atoms with Gasteiger partial charge in [0.25, 0.3) is 0 Å². The third kappa shape index (κ3) is 1.16. The van der Waals surface area contributed by atoms with Gasteiger partial charge in [-0.15, -0.1) is 0 Å². The molecule has 0 fully saturated rings. The maximum Gasteiger partial charge on any atom is 0.203 e. The van der Waals surface area contributed by atoms with E-state index >= 15 is 0 Å². The van der Waals surface area contributed by atoms with Gasteiger partial charge in [-0.25, -0.2) is 0 Å². The lowest BCUT2D eigenvalue weighted by Crippen LogP contribution is -2.15. The first-order valence-corrected chi connectivity index (χ1v) is 3.93. The monoisotopic (exact) mass is 186 g/mol. The van der Waals surface area contributed by atoms with Crippen molar-refractivity contribution in [1.82, 2.24) is 0 Å². The van der Waals surface area contributed by atoms with Gasteiger partial charge in [0.15, 0.2) is 11.5 Å². The van der Waals surface area contributed by atoms with Crippen molar-refractivity contribution in [3.05, 3.63) is 17.2 Å². The Kier molecular flexibility index (Phi) is 1.73. The SMILES string of the molecule is Oc1cc(Cl)cc2c1OCCO2. The number of phenols is 1. The molecule has 0 saturated carbocycles.